The highest BCUT2D eigenvalue weighted by Gasteiger charge is 2.07. The number of benzene rings is 3. The minimum atomic E-state index is -0.283. The molecule has 0 unspecified atom stereocenters. The van der Waals surface area contributed by atoms with Crippen molar-refractivity contribution in [1.29, 1.82) is 0 Å². The van der Waals surface area contributed by atoms with Gasteiger partial charge in [0, 0.05) is 11.8 Å². The number of nitrogens with zero attached hydrogens (tertiary/aromatic N) is 1. The predicted molar refractivity (Wildman–Crippen MR) is 109 cm³/mol. The molecule has 0 saturated heterocycles. The van der Waals surface area contributed by atoms with E-state index >= 15 is 0 Å². The summed E-state index contributed by atoms with van der Waals surface area (Å²) in [4.78, 5) is 11.9. The molecule has 0 spiro atoms. The second-order valence-corrected chi connectivity index (χ2v) is 6.02. The normalized spacial score (nSPS) is 10.7. The largest absolute Gasteiger partial charge is 0.483 e. The van der Waals surface area contributed by atoms with Gasteiger partial charge in [0.25, 0.3) is 5.91 Å². The van der Waals surface area contributed by atoms with Crippen molar-refractivity contribution >= 4 is 12.1 Å². The van der Waals surface area contributed by atoms with Gasteiger partial charge in [-0.25, -0.2) is 5.43 Å². The fourth-order valence-corrected chi connectivity index (χ4v) is 2.68. The summed E-state index contributed by atoms with van der Waals surface area (Å²) in [6.07, 6.45) is 3.37. The summed E-state index contributed by atoms with van der Waals surface area (Å²) in [5.74, 6) is 0.390. The lowest BCUT2D eigenvalue weighted by Crippen LogP contribution is -2.24. The monoisotopic (exact) mass is 358 g/mol. The smallest absolute Gasteiger partial charge is 0.277 e. The molecular formula is C23H22N2O2. The third-order valence-electron chi connectivity index (χ3n) is 4.02. The van der Waals surface area contributed by atoms with Crippen LogP contribution in [0.15, 0.2) is 90.0 Å². The van der Waals surface area contributed by atoms with Crippen LogP contribution in [0.1, 0.15) is 12.0 Å². The molecule has 27 heavy (non-hydrogen) atoms. The lowest BCUT2D eigenvalue weighted by atomic mass is 10.1. The van der Waals surface area contributed by atoms with Crippen LogP contribution in [0, 0.1) is 0 Å². The lowest BCUT2D eigenvalue weighted by Gasteiger charge is -2.10. The Labute approximate surface area is 159 Å². The first-order chi connectivity index (χ1) is 13.3. The number of ether oxygens (including phenoxy) is 1. The Balaban J connectivity index is 1.46. The molecule has 0 aliphatic heterocycles. The minimum absolute atomic E-state index is 0.0835. The Morgan fingerprint density at radius 3 is 2.33 bits per heavy atom. The first-order valence-electron chi connectivity index (χ1n) is 8.94. The summed E-state index contributed by atoms with van der Waals surface area (Å²) in [7, 11) is 0. The van der Waals surface area contributed by atoms with Crippen molar-refractivity contribution in [3.05, 3.63) is 90.5 Å². The van der Waals surface area contributed by atoms with E-state index in [1.807, 2.05) is 72.8 Å². The summed E-state index contributed by atoms with van der Waals surface area (Å²) in [6, 6.07) is 27.8. The van der Waals surface area contributed by atoms with Crippen LogP contribution in [0.2, 0.25) is 0 Å². The summed E-state index contributed by atoms with van der Waals surface area (Å²) < 4.78 is 5.69. The molecule has 3 aromatic carbocycles. The van der Waals surface area contributed by atoms with E-state index in [4.69, 9.17) is 4.74 Å². The minimum Gasteiger partial charge on any atom is -0.483 e. The van der Waals surface area contributed by atoms with Crippen LogP contribution in [0.3, 0.4) is 0 Å². The first-order valence-corrected chi connectivity index (χ1v) is 8.94. The van der Waals surface area contributed by atoms with E-state index in [1.165, 1.54) is 5.56 Å². The van der Waals surface area contributed by atoms with Gasteiger partial charge in [-0.05, 0) is 30.0 Å². The van der Waals surface area contributed by atoms with Crippen LogP contribution >= 0.6 is 0 Å². The van der Waals surface area contributed by atoms with Crippen molar-refractivity contribution in [2.24, 2.45) is 5.10 Å². The van der Waals surface area contributed by atoms with Crippen molar-refractivity contribution in [3.8, 4) is 16.9 Å². The molecule has 0 radical (unpaired) electrons. The number of para-hydroxylation sites is 1. The fourth-order valence-electron chi connectivity index (χ4n) is 2.68. The highest BCUT2D eigenvalue weighted by Crippen LogP contribution is 2.29. The van der Waals surface area contributed by atoms with Gasteiger partial charge in [0.15, 0.2) is 6.61 Å². The molecule has 1 N–H and O–H groups in total. The predicted octanol–water partition coefficient (Wildman–Crippen LogP) is 4.47. The highest BCUT2D eigenvalue weighted by atomic mass is 16.5. The third-order valence-corrected chi connectivity index (χ3v) is 4.02. The van der Waals surface area contributed by atoms with Crippen molar-refractivity contribution in [1.82, 2.24) is 5.43 Å². The maximum atomic E-state index is 11.9. The van der Waals surface area contributed by atoms with Crippen LogP contribution < -0.4 is 10.2 Å². The topological polar surface area (TPSA) is 50.7 Å². The van der Waals surface area contributed by atoms with E-state index in [0.717, 1.165) is 24.0 Å². The van der Waals surface area contributed by atoms with Gasteiger partial charge >= 0.3 is 0 Å². The summed E-state index contributed by atoms with van der Waals surface area (Å²) in [5.41, 5.74) is 5.75. The molecule has 0 fully saturated rings. The SMILES string of the molecule is O=C(COc1ccccc1-c1ccccc1)N/N=C\CCc1ccccc1. The van der Waals surface area contributed by atoms with Crippen LogP contribution in [-0.2, 0) is 11.2 Å². The van der Waals surface area contributed by atoms with Gasteiger partial charge < -0.3 is 4.74 Å². The second-order valence-electron chi connectivity index (χ2n) is 6.02. The molecule has 0 aliphatic rings. The maximum absolute atomic E-state index is 11.9. The molecule has 1 amide bonds. The molecule has 4 heteroatoms. The van der Waals surface area contributed by atoms with Gasteiger partial charge in [-0.3, -0.25) is 4.79 Å². The second kappa shape index (κ2) is 9.92. The average Bonchev–Trinajstić information content (AvgIpc) is 2.73. The van der Waals surface area contributed by atoms with E-state index in [2.05, 4.69) is 22.7 Å². The Morgan fingerprint density at radius 1 is 0.889 bits per heavy atom. The van der Waals surface area contributed by atoms with Crippen molar-refractivity contribution in [3.63, 3.8) is 0 Å². The van der Waals surface area contributed by atoms with Gasteiger partial charge in [-0.1, -0.05) is 78.9 Å². The molecule has 0 heterocycles. The maximum Gasteiger partial charge on any atom is 0.277 e. The Kier molecular flexibility index (Phi) is 6.76. The summed E-state index contributed by atoms with van der Waals surface area (Å²) in [6.45, 7) is -0.0835. The Morgan fingerprint density at radius 2 is 1.56 bits per heavy atom. The number of carbonyl (C=O) groups is 1. The van der Waals surface area contributed by atoms with Crippen molar-refractivity contribution < 1.29 is 9.53 Å². The average molecular weight is 358 g/mol. The molecule has 136 valence electrons. The molecular weight excluding hydrogens is 336 g/mol. The molecule has 0 aromatic heterocycles. The molecule has 0 aliphatic carbocycles. The third kappa shape index (κ3) is 5.82. The number of hydrogen-bond donors (Lipinski definition) is 1. The number of hydrazone groups is 1. The molecule has 0 atom stereocenters. The van der Waals surface area contributed by atoms with E-state index in [-0.39, 0.29) is 12.5 Å². The fraction of sp³-hybridized carbons (Fsp3) is 0.130. The number of nitrogens with one attached hydrogen (secondary N) is 1. The zero-order valence-corrected chi connectivity index (χ0v) is 15.0. The van der Waals surface area contributed by atoms with Crippen molar-refractivity contribution in [2.45, 2.75) is 12.8 Å². The van der Waals surface area contributed by atoms with Gasteiger partial charge in [0.2, 0.25) is 0 Å². The number of carbonyl (C=O) groups excluding carboxylic acids is 1. The molecule has 3 aromatic rings. The van der Waals surface area contributed by atoms with Gasteiger partial charge in [0.05, 0.1) is 0 Å². The quantitative estimate of drug-likeness (QED) is 0.477. The Bertz CT molecular complexity index is 877. The summed E-state index contributed by atoms with van der Waals surface area (Å²) in [5, 5.41) is 3.97. The van der Waals surface area contributed by atoms with E-state index < -0.39 is 0 Å². The zero-order valence-electron chi connectivity index (χ0n) is 15.0. The molecule has 0 saturated carbocycles. The van der Waals surface area contributed by atoms with E-state index in [1.54, 1.807) is 6.21 Å². The number of amides is 1. The van der Waals surface area contributed by atoms with Gasteiger partial charge in [-0.2, -0.15) is 5.10 Å². The number of rotatable bonds is 8. The van der Waals surface area contributed by atoms with E-state index in [9.17, 15) is 4.79 Å². The molecule has 4 nitrogen and oxygen atoms in total. The van der Waals surface area contributed by atoms with Crippen LogP contribution in [0.4, 0.5) is 0 Å². The van der Waals surface area contributed by atoms with E-state index in [0.29, 0.717) is 5.75 Å². The number of aryl methyl sites for hydroxylation is 1. The van der Waals surface area contributed by atoms with Crippen LogP contribution in [-0.4, -0.2) is 18.7 Å². The highest BCUT2D eigenvalue weighted by molar-refractivity contribution is 5.79. The van der Waals surface area contributed by atoms with Crippen molar-refractivity contribution in [2.75, 3.05) is 6.61 Å². The molecule has 3 rings (SSSR count). The lowest BCUT2D eigenvalue weighted by molar-refractivity contribution is -0.123. The summed E-state index contributed by atoms with van der Waals surface area (Å²) >= 11 is 0. The van der Waals surface area contributed by atoms with Crippen LogP contribution in [0.25, 0.3) is 11.1 Å². The van der Waals surface area contributed by atoms with Crippen LogP contribution in [0.5, 0.6) is 5.75 Å². The first kappa shape index (κ1) is 18.4. The standard InChI is InChI=1S/C23H22N2O2/c26-23(25-24-17-9-12-19-10-3-1-4-11-19)18-27-22-16-8-7-15-21(22)20-13-5-2-6-14-20/h1-8,10-11,13-17H,9,12,18H2,(H,25,26)/b24-17-. The van der Waals surface area contributed by atoms with Gasteiger partial charge in [0.1, 0.15) is 5.75 Å². The number of hydrogen-bond acceptors (Lipinski definition) is 3. The Hall–Kier alpha value is -3.40. The van der Waals surface area contributed by atoms with Gasteiger partial charge in [-0.15, -0.1) is 0 Å². The molecule has 0 bridgehead atoms. The zero-order chi connectivity index (χ0) is 18.7.